The maximum absolute atomic E-state index is 11.0. The Labute approximate surface area is 126 Å². The van der Waals surface area contributed by atoms with Crippen molar-refractivity contribution in [2.75, 3.05) is 36.0 Å². The van der Waals surface area contributed by atoms with Crippen LogP contribution in [0.4, 0.5) is 11.4 Å². The Hall–Kier alpha value is -2.15. The molecule has 1 aliphatic heterocycles. The quantitative estimate of drug-likeness (QED) is 0.816. The third-order valence-electron chi connectivity index (χ3n) is 3.88. The summed E-state index contributed by atoms with van der Waals surface area (Å²) in [4.78, 5) is 15.3. The van der Waals surface area contributed by atoms with Crippen LogP contribution >= 0.6 is 0 Å². The Morgan fingerprint density at radius 2 is 2.00 bits per heavy atom. The maximum atomic E-state index is 11.0. The second-order valence-electron chi connectivity index (χ2n) is 5.53. The number of hydrogen-bond acceptors (Lipinski definition) is 3. The van der Waals surface area contributed by atoms with E-state index in [-0.39, 0.29) is 0 Å². The second kappa shape index (κ2) is 7.03. The molecule has 0 amide bonds. The molecule has 0 saturated carbocycles. The van der Waals surface area contributed by atoms with Crippen molar-refractivity contribution >= 4 is 17.3 Å². The molecule has 112 valence electrons. The van der Waals surface area contributed by atoms with E-state index >= 15 is 0 Å². The molecular formula is C17H22N2O2. The van der Waals surface area contributed by atoms with Crippen molar-refractivity contribution in [1.82, 2.24) is 0 Å². The normalized spacial score (nSPS) is 15.5. The molecule has 1 N–H and O–H groups in total. The molecule has 0 radical (unpaired) electrons. The third kappa shape index (κ3) is 3.91. The molecule has 1 unspecified atom stereocenters. The second-order valence-corrected chi connectivity index (χ2v) is 5.53. The Morgan fingerprint density at radius 3 is 2.52 bits per heavy atom. The van der Waals surface area contributed by atoms with Gasteiger partial charge in [-0.15, -0.1) is 6.42 Å². The highest BCUT2D eigenvalue weighted by atomic mass is 16.4. The number of carbonyl (C=O) groups is 1. The van der Waals surface area contributed by atoms with Crippen LogP contribution in [0, 0.1) is 18.3 Å². The van der Waals surface area contributed by atoms with E-state index in [1.54, 1.807) is 6.92 Å². The van der Waals surface area contributed by atoms with Gasteiger partial charge < -0.3 is 14.9 Å². The van der Waals surface area contributed by atoms with Crippen LogP contribution in [0.2, 0.25) is 0 Å². The van der Waals surface area contributed by atoms with Gasteiger partial charge in [-0.05, 0) is 37.1 Å². The minimum Gasteiger partial charge on any atom is -0.481 e. The molecule has 1 aromatic carbocycles. The van der Waals surface area contributed by atoms with E-state index in [9.17, 15) is 4.79 Å². The van der Waals surface area contributed by atoms with Crippen LogP contribution in [0.5, 0.6) is 0 Å². The average molecular weight is 286 g/mol. The van der Waals surface area contributed by atoms with Gasteiger partial charge in [0, 0.05) is 31.0 Å². The minimum absolute atomic E-state index is 0.417. The lowest BCUT2D eigenvalue weighted by molar-refractivity contribution is -0.140. The first-order valence-corrected chi connectivity index (χ1v) is 7.38. The Morgan fingerprint density at radius 1 is 1.38 bits per heavy atom. The molecule has 1 heterocycles. The van der Waals surface area contributed by atoms with E-state index in [0.717, 1.165) is 18.8 Å². The molecular weight excluding hydrogens is 264 g/mol. The number of anilines is 2. The lowest BCUT2D eigenvalue weighted by Crippen LogP contribution is -2.32. The minimum atomic E-state index is -0.800. The number of carboxylic acid groups (broad SMARTS) is 1. The zero-order valence-electron chi connectivity index (χ0n) is 12.5. The lowest BCUT2D eigenvalue weighted by Gasteiger charge is -2.25. The molecule has 0 aromatic heterocycles. The fourth-order valence-corrected chi connectivity index (χ4v) is 2.63. The molecule has 0 bridgehead atoms. The van der Waals surface area contributed by atoms with Crippen LogP contribution in [0.15, 0.2) is 24.3 Å². The van der Waals surface area contributed by atoms with Gasteiger partial charge in [0.25, 0.3) is 0 Å². The first kappa shape index (κ1) is 15.2. The summed E-state index contributed by atoms with van der Waals surface area (Å²) < 4.78 is 0. The summed E-state index contributed by atoms with van der Waals surface area (Å²) in [5.41, 5.74) is 2.20. The van der Waals surface area contributed by atoms with Crippen LogP contribution < -0.4 is 9.80 Å². The summed E-state index contributed by atoms with van der Waals surface area (Å²) in [6, 6.07) is 8.24. The highest BCUT2D eigenvalue weighted by Gasteiger charge is 2.17. The Balaban J connectivity index is 2.09. The predicted molar refractivity (Wildman–Crippen MR) is 85.7 cm³/mol. The van der Waals surface area contributed by atoms with Gasteiger partial charge in [-0.3, -0.25) is 4.79 Å². The molecule has 1 aromatic rings. The molecule has 21 heavy (non-hydrogen) atoms. The summed E-state index contributed by atoms with van der Waals surface area (Å²) >= 11 is 0. The molecule has 0 spiro atoms. The van der Waals surface area contributed by atoms with Crippen LogP contribution in [-0.4, -0.2) is 37.3 Å². The predicted octanol–water partition coefficient (Wildman–Crippen LogP) is 2.45. The van der Waals surface area contributed by atoms with Crippen molar-refractivity contribution in [2.24, 2.45) is 5.92 Å². The van der Waals surface area contributed by atoms with Gasteiger partial charge in [0.15, 0.2) is 0 Å². The number of carboxylic acids is 1. The largest absolute Gasteiger partial charge is 0.481 e. The number of aliphatic carboxylic acids is 1. The fraction of sp³-hybridized carbons (Fsp3) is 0.471. The molecule has 1 atom stereocenters. The van der Waals surface area contributed by atoms with Gasteiger partial charge >= 0.3 is 5.97 Å². The number of rotatable bonds is 6. The zero-order chi connectivity index (χ0) is 15.2. The van der Waals surface area contributed by atoms with Crippen molar-refractivity contribution in [2.45, 2.75) is 19.8 Å². The van der Waals surface area contributed by atoms with Crippen molar-refractivity contribution in [3.05, 3.63) is 24.3 Å². The summed E-state index contributed by atoms with van der Waals surface area (Å²) in [5, 5.41) is 9.05. The Kier molecular flexibility index (Phi) is 5.10. The SMILES string of the molecule is C#CCN(CC(C)C(=O)O)c1ccc(N2CCCC2)cc1. The van der Waals surface area contributed by atoms with Gasteiger partial charge in [-0.25, -0.2) is 0 Å². The van der Waals surface area contributed by atoms with E-state index in [2.05, 4.69) is 23.0 Å². The molecule has 4 heteroatoms. The van der Waals surface area contributed by atoms with Crippen LogP contribution in [0.1, 0.15) is 19.8 Å². The van der Waals surface area contributed by atoms with Gasteiger partial charge in [0.1, 0.15) is 0 Å². The van der Waals surface area contributed by atoms with Gasteiger partial charge in [0.05, 0.1) is 12.5 Å². The van der Waals surface area contributed by atoms with Crippen molar-refractivity contribution in [3.63, 3.8) is 0 Å². The van der Waals surface area contributed by atoms with Crippen LogP contribution in [-0.2, 0) is 4.79 Å². The molecule has 1 aliphatic rings. The number of benzene rings is 1. The molecule has 0 aliphatic carbocycles. The van der Waals surface area contributed by atoms with E-state index in [0.29, 0.717) is 13.1 Å². The monoisotopic (exact) mass is 286 g/mol. The molecule has 4 nitrogen and oxygen atoms in total. The van der Waals surface area contributed by atoms with Gasteiger partial charge in [0.2, 0.25) is 0 Å². The summed E-state index contributed by atoms with van der Waals surface area (Å²) in [5.74, 6) is 1.36. The van der Waals surface area contributed by atoms with E-state index in [1.165, 1.54) is 18.5 Å². The van der Waals surface area contributed by atoms with Gasteiger partial charge in [-0.2, -0.15) is 0 Å². The summed E-state index contributed by atoms with van der Waals surface area (Å²) in [7, 11) is 0. The zero-order valence-corrected chi connectivity index (χ0v) is 12.5. The Bertz CT molecular complexity index is 513. The van der Waals surface area contributed by atoms with E-state index in [4.69, 9.17) is 11.5 Å². The van der Waals surface area contributed by atoms with Crippen LogP contribution in [0.3, 0.4) is 0 Å². The van der Waals surface area contributed by atoms with Gasteiger partial charge in [-0.1, -0.05) is 12.8 Å². The third-order valence-corrected chi connectivity index (χ3v) is 3.88. The summed E-state index contributed by atoms with van der Waals surface area (Å²) in [6.45, 7) is 4.76. The number of hydrogen-bond donors (Lipinski definition) is 1. The van der Waals surface area contributed by atoms with E-state index < -0.39 is 11.9 Å². The lowest BCUT2D eigenvalue weighted by atomic mass is 10.1. The van der Waals surface area contributed by atoms with Crippen molar-refractivity contribution in [3.8, 4) is 12.3 Å². The smallest absolute Gasteiger partial charge is 0.308 e. The first-order chi connectivity index (χ1) is 10.1. The van der Waals surface area contributed by atoms with Crippen molar-refractivity contribution < 1.29 is 9.90 Å². The average Bonchev–Trinajstić information content (AvgIpc) is 3.01. The molecule has 1 saturated heterocycles. The molecule has 2 rings (SSSR count). The highest BCUT2D eigenvalue weighted by Crippen LogP contribution is 2.24. The van der Waals surface area contributed by atoms with Crippen molar-refractivity contribution in [1.29, 1.82) is 0 Å². The number of nitrogens with zero attached hydrogens (tertiary/aromatic N) is 2. The first-order valence-electron chi connectivity index (χ1n) is 7.38. The van der Waals surface area contributed by atoms with Crippen LogP contribution in [0.25, 0.3) is 0 Å². The number of terminal acetylenes is 1. The summed E-state index contributed by atoms with van der Waals surface area (Å²) in [6.07, 6.45) is 7.90. The standard InChI is InChI=1S/C17H22N2O2/c1-3-10-19(13-14(2)17(20)21)16-8-6-15(7-9-16)18-11-4-5-12-18/h1,6-9,14H,4-5,10-13H2,2H3,(H,20,21). The molecule has 1 fully saturated rings. The highest BCUT2D eigenvalue weighted by molar-refractivity contribution is 5.70. The van der Waals surface area contributed by atoms with E-state index in [1.807, 2.05) is 17.0 Å². The maximum Gasteiger partial charge on any atom is 0.308 e. The topological polar surface area (TPSA) is 43.8 Å². The fourth-order valence-electron chi connectivity index (χ4n) is 2.63.